The van der Waals surface area contributed by atoms with Crippen LogP contribution in [0.3, 0.4) is 0 Å². The van der Waals surface area contributed by atoms with Gasteiger partial charge in [0.1, 0.15) is 0 Å². The summed E-state index contributed by atoms with van der Waals surface area (Å²) in [4.78, 5) is 4.77. The van der Waals surface area contributed by atoms with E-state index in [-0.39, 0.29) is 5.41 Å². The topological polar surface area (TPSA) is 60.2 Å². The molecule has 4 unspecified atom stereocenters. The fourth-order valence-corrected chi connectivity index (χ4v) is 4.20. The van der Waals surface area contributed by atoms with Crippen molar-refractivity contribution in [1.82, 2.24) is 15.5 Å². The van der Waals surface area contributed by atoms with Gasteiger partial charge in [0, 0.05) is 5.41 Å². The number of nitrogens with zero attached hydrogens (tertiary/aromatic N) is 2. The fourth-order valence-electron chi connectivity index (χ4n) is 4.20. The Bertz CT molecular complexity index is 507. The maximum Gasteiger partial charge on any atom is 0.232 e. The highest BCUT2D eigenvalue weighted by atomic mass is 16.5. The lowest BCUT2D eigenvalue weighted by atomic mass is 9.75. The van der Waals surface area contributed by atoms with Crippen LogP contribution >= 0.6 is 0 Å². The molecule has 3 aliphatic heterocycles. The quantitative estimate of drug-likeness (QED) is 0.926. The van der Waals surface area contributed by atoms with E-state index in [9.17, 15) is 0 Å². The lowest BCUT2D eigenvalue weighted by molar-refractivity contribution is 0.0996. The van der Waals surface area contributed by atoms with Gasteiger partial charge in [-0.25, -0.2) is 0 Å². The number of nitrogens with one attached hydrogen (secondary N) is 1. The molecule has 0 aliphatic carbocycles. The van der Waals surface area contributed by atoms with Gasteiger partial charge in [-0.3, -0.25) is 0 Å². The van der Waals surface area contributed by atoms with Gasteiger partial charge in [0.15, 0.2) is 5.82 Å². The lowest BCUT2D eigenvalue weighted by Gasteiger charge is -2.34. The van der Waals surface area contributed by atoms with Crippen LogP contribution in [0, 0.1) is 5.92 Å². The molecule has 5 nitrogen and oxygen atoms in total. The van der Waals surface area contributed by atoms with E-state index in [2.05, 4.69) is 24.3 Å². The SMILES string of the molecule is CC(C)(c1nc(C2CC3CCC2O3)no1)C1CCCNC1. The Kier molecular flexibility index (Phi) is 3.30. The predicted octanol–water partition coefficient (Wildman–Crippen LogP) is 2.38. The number of fused-ring (bicyclic) bond motifs is 2. The summed E-state index contributed by atoms with van der Waals surface area (Å²) in [5.41, 5.74) is -0.0584. The van der Waals surface area contributed by atoms with E-state index in [1.165, 1.54) is 19.3 Å². The normalized spacial score (nSPS) is 36.3. The van der Waals surface area contributed by atoms with E-state index in [1.807, 2.05) is 0 Å². The van der Waals surface area contributed by atoms with Crippen molar-refractivity contribution < 1.29 is 9.26 Å². The number of piperidine rings is 1. The molecule has 3 aliphatic rings. The Morgan fingerprint density at radius 1 is 1.24 bits per heavy atom. The molecule has 1 N–H and O–H groups in total. The zero-order valence-electron chi connectivity index (χ0n) is 13.0. The first-order valence-electron chi connectivity index (χ1n) is 8.35. The second-order valence-electron chi connectivity index (χ2n) is 7.44. The summed E-state index contributed by atoms with van der Waals surface area (Å²) in [6.07, 6.45) is 6.62. The number of rotatable bonds is 3. The van der Waals surface area contributed by atoms with E-state index in [4.69, 9.17) is 14.2 Å². The minimum atomic E-state index is -0.0584. The molecule has 0 aromatic carbocycles. The number of hydrogen-bond donors (Lipinski definition) is 1. The van der Waals surface area contributed by atoms with Gasteiger partial charge < -0.3 is 14.6 Å². The third kappa shape index (κ3) is 2.30. The van der Waals surface area contributed by atoms with E-state index >= 15 is 0 Å². The second-order valence-corrected chi connectivity index (χ2v) is 7.44. The molecule has 0 saturated carbocycles. The molecule has 0 spiro atoms. The van der Waals surface area contributed by atoms with Crippen LogP contribution in [0.1, 0.15) is 63.6 Å². The molecule has 3 saturated heterocycles. The van der Waals surface area contributed by atoms with Crippen LogP contribution < -0.4 is 5.32 Å². The summed E-state index contributed by atoms with van der Waals surface area (Å²) in [6, 6.07) is 0. The van der Waals surface area contributed by atoms with Crippen LogP contribution in [-0.4, -0.2) is 35.4 Å². The van der Waals surface area contributed by atoms with Crippen molar-refractivity contribution in [2.45, 2.75) is 69.5 Å². The highest BCUT2D eigenvalue weighted by Crippen LogP contribution is 2.44. The number of ether oxygens (including phenoxy) is 1. The maximum atomic E-state index is 5.92. The Balaban J connectivity index is 1.53. The molecule has 0 radical (unpaired) electrons. The summed E-state index contributed by atoms with van der Waals surface area (Å²) in [6.45, 7) is 6.64. The van der Waals surface area contributed by atoms with Gasteiger partial charge in [-0.2, -0.15) is 4.98 Å². The lowest BCUT2D eigenvalue weighted by Crippen LogP contribution is -2.41. The Morgan fingerprint density at radius 2 is 2.14 bits per heavy atom. The van der Waals surface area contributed by atoms with Crippen molar-refractivity contribution in [2.24, 2.45) is 5.92 Å². The largest absolute Gasteiger partial charge is 0.374 e. The van der Waals surface area contributed by atoms with Gasteiger partial charge in [-0.05, 0) is 51.1 Å². The van der Waals surface area contributed by atoms with Gasteiger partial charge in [0.05, 0.1) is 18.1 Å². The molecule has 0 amide bonds. The third-order valence-corrected chi connectivity index (χ3v) is 5.75. The van der Waals surface area contributed by atoms with Crippen molar-refractivity contribution in [2.75, 3.05) is 13.1 Å². The fraction of sp³-hybridized carbons (Fsp3) is 0.875. The van der Waals surface area contributed by atoms with Crippen molar-refractivity contribution in [3.8, 4) is 0 Å². The minimum Gasteiger partial charge on any atom is -0.374 e. The molecule has 3 fully saturated rings. The average molecular weight is 291 g/mol. The molecular formula is C16H25N3O2. The van der Waals surface area contributed by atoms with E-state index in [1.54, 1.807) is 0 Å². The van der Waals surface area contributed by atoms with Crippen LogP contribution in [0.15, 0.2) is 4.52 Å². The molecule has 2 bridgehead atoms. The molecular weight excluding hydrogens is 266 g/mol. The molecule has 1 aromatic rings. The summed E-state index contributed by atoms with van der Waals surface area (Å²) in [5.74, 6) is 2.58. The Morgan fingerprint density at radius 3 is 2.81 bits per heavy atom. The first kappa shape index (κ1) is 13.7. The highest BCUT2D eigenvalue weighted by Gasteiger charge is 2.45. The van der Waals surface area contributed by atoms with Gasteiger partial charge in [-0.1, -0.05) is 19.0 Å². The molecule has 4 atom stereocenters. The van der Waals surface area contributed by atoms with Crippen LogP contribution in [-0.2, 0) is 10.2 Å². The predicted molar refractivity (Wildman–Crippen MR) is 78.2 cm³/mol. The minimum absolute atomic E-state index is 0.0584. The summed E-state index contributed by atoms with van der Waals surface area (Å²) < 4.78 is 11.6. The first-order chi connectivity index (χ1) is 10.1. The average Bonchev–Trinajstić information content (AvgIpc) is 3.24. The van der Waals surface area contributed by atoms with Crippen molar-refractivity contribution in [3.05, 3.63) is 11.7 Å². The van der Waals surface area contributed by atoms with Crippen molar-refractivity contribution in [3.63, 3.8) is 0 Å². The van der Waals surface area contributed by atoms with Gasteiger partial charge in [-0.15, -0.1) is 0 Å². The third-order valence-electron chi connectivity index (χ3n) is 5.75. The van der Waals surface area contributed by atoms with Crippen molar-refractivity contribution in [1.29, 1.82) is 0 Å². The molecule has 5 heteroatoms. The van der Waals surface area contributed by atoms with Crippen LogP contribution in [0.25, 0.3) is 0 Å². The van der Waals surface area contributed by atoms with Gasteiger partial charge in [0.25, 0.3) is 0 Å². The molecule has 21 heavy (non-hydrogen) atoms. The molecule has 4 heterocycles. The molecule has 4 rings (SSSR count). The zero-order valence-corrected chi connectivity index (χ0v) is 13.0. The van der Waals surface area contributed by atoms with E-state index < -0.39 is 0 Å². The summed E-state index contributed by atoms with van der Waals surface area (Å²) in [7, 11) is 0. The summed E-state index contributed by atoms with van der Waals surface area (Å²) in [5, 5.41) is 7.78. The second kappa shape index (κ2) is 5.06. The maximum absolute atomic E-state index is 5.92. The number of aromatic nitrogens is 2. The summed E-state index contributed by atoms with van der Waals surface area (Å²) >= 11 is 0. The van der Waals surface area contributed by atoms with Crippen molar-refractivity contribution >= 4 is 0 Å². The molecule has 1 aromatic heterocycles. The Labute approximate surface area is 125 Å². The molecule has 116 valence electrons. The van der Waals surface area contributed by atoms with E-state index in [0.717, 1.165) is 37.6 Å². The standard InChI is InChI=1S/C16H25N3O2/c1-16(2,10-4-3-7-17-9-10)15-18-14(19-21-15)12-8-11-5-6-13(12)20-11/h10-13,17H,3-9H2,1-2H3. The van der Waals surface area contributed by atoms with Gasteiger partial charge in [0.2, 0.25) is 5.89 Å². The zero-order chi connectivity index (χ0) is 14.4. The first-order valence-corrected chi connectivity index (χ1v) is 8.35. The monoisotopic (exact) mass is 291 g/mol. The highest BCUT2D eigenvalue weighted by molar-refractivity contribution is 5.11. The van der Waals surface area contributed by atoms with Crippen LogP contribution in [0.2, 0.25) is 0 Å². The van der Waals surface area contributed by atoms with E-state index in [0.29, 0.717) is 24.0 Å². The Hall–Kier alpha value is -0.940. The van der Waals surface area contributed by atoms with Crippen LogP contribution in [0.4, 0.5) is 0 Å². The number of hydrogen-bond acceptors (Lipinski definition) is 5. The smallest absolute Gasteiger partial charge is 0.232 e. The van der Waals surface area contributed by atoms with Crippen LogP contribution in [0.5, 0.6) is 0 Å². The van der Waals surface area contributed by atoms with Gasteiger partial charge >= 0.3 is 0 Å².